The summed E-state index contributed by atoms with van der Waals surface area (Å²) in [7, 11) is 0. The van der Waals surface area contributed by atoms with Crippen LogP contribution in [0.2, 0.25) is 0 Å². The standard InChI is InChI=1S/C16H16N6O/c1-11(17)12-3-5-13(6-4-12)15(23)21-14-9-20-22(10-14)16-18-7-2-8-19-16/h2-11H,17H2,1H3,(H,21,23). The van der Waals surface area contributed by atoms with E-state index in [1.54, 1.807) is 43.0 Å². The van der Waals surface area contributed by atoms with E-state index in [9.17, 15) is 4.79 Å². The first-order valence-corrected chi connectivity index (χ1v) is 7.12. The number of anilines is 1. The summed E-state index contributed by atoms with van der Waals surface area (Å²) < 4.78 is 1.49. The molecule has 0 aliphatic rings. The molecular formula is C16H16N6O. The Morgan fingerprint density at radius 3 is 2.57 bits per heavy atom. The number of nitrogens with one attached hydrogen (secondary N) is 1. The van der Waals surface area contributed by atoms with Gasteiger partial charge < -0.3 is 11.1 Å². The molecule has 0 saturated heterocycles. The maximum Gasteiger partial charge on any atom is 0.255 e. The van der Waals surface area contributed by atoms with Crippen LogP contribution in [0, 0.1) is 0 Å². The van der Waals surface area contributed by atoms with E-state index in [4.69, 9.17) is 5.73 Å². The van der Waals surface area contributed by atoms with Crippen molar-refractivity contribution in [3.8, 4) is 5.95 Å². The van der Waals surface area contributed by atoms with E-state index >= 15 is 0 Å². The number of nitrogens with zero attached hydrogens (tertiary/aromatic N) is 4. The summed E-state index contributed by atoms with van der Waals surface area (Å²) >= 11 is 0. The average Bonchev–Trinajstić information content (AvgIpc) is 3.04. The van der Waals surface area contributed by atoms with Gasteiger partial charge in [-0.3, -0.25) is 4.79 Å². The maximum absolute atomic E-state index is 12.2. The summed E-state index contributed by atoms with van der Waals surface area (Å²) in [5, 5.41) is 6.92. The zero-order valence-electron chi connectivity index (χ0n) is 12.5. The van der Waals surface area contributed by atoms with Gasteiger partial charge in [0.1, 0.15) is 0 Å². The molecule has 3 aromatic rings. The van der Waals surface area contributed by atoms with Crippen molar-refractivity contribution in [3.05, 3.63) is 66.2 Å². The van der Waals surface area contributed by atoms with Crippen LogP contribution >= 0.6 is 0 Å². The minimum atomic E-state index is -0.213. The molecule has 2 heterocycles. The van der Waals surface area contributed by atoms with Crippen LogP contribution in [0.1, 0.15) is 28.9 Å². The molecule has 2 aromatic heterocycles. The lowest BCUT2D eigenvalue weighted by atomic mass is 10.1. The Kier molecular flexibility index (Phi) is 4.11. The average molecular weight is 308 g/mol. The SMILES string of the molecule is CC(N)c1ccc(C(=O)Nc2cnn(-c3ncccn3)c2)cc1. The van der Waals surface area contributed by atoms with Gasteiger partial charge in [-0.05, 0) is 30.7 Å². The minimum absolute atomic E-state index is 0.0591. The Balaban J connectivity index is 1.72. The molecule has 0 bridgehead atoms. The topological polar surface area (TPSA) is 98.7 Å². The number of carbonyl (C=O) groups excluding carboxylic acids is 1. The Morgan fingerprint density at radius 1 is 1.22 bits per heavy atom. The molecule has 1 amide bonds. The van der Waals surface area contributed by atoms with Crippen LogP contribution in [-0.4, -0.2) is 25.7 Å². The fraction of sp³-hybridized carbons (Fsp3) is 0.125. The predicted molar refractivity (Wildman–Crippen MR) is 86.2 cm³/mol. The number of benzene rings is 1. The molecule has 1 unspecified atom stereocenters. The van der Waals surface area contributed by atoms with Crippen molar-refractivity contribution in [2.45, 2.75) is 13.0 Å². The Hall–Kier alpha value is -3.06. The van der Waals surface area contributed by atoms with Gasteiger partial charge in [0.05, 0.1) is 18.1 Å². The van der Waals surface area contributed by atoms with Gasteiger partial charge in [-0.15, -0.1) is 0 Å². The highest BCUT2D eigenvalue weighted by Crippen LogP contribution is 2.13. The number of hydrogen-bond acceptors (Lipinski definition) is 5. The number of amides is 1. The Morgan fingerprint density at radius 2 is 1.91 bits per heavy atom. The summed E-state index contributed by atoms with van der Waals surface area (Å²) in [6.07, 6.45) is 6.46. The minimum Gasteiger partial charge on any atom is -0.324 e. The zero-order valence-corrected chi connectivity index (χ0v) is 12.5. The molecule has 116 valence electrons. The first-order valence-electron chi connectivity index (χ1n) is 7.12. The molecule has 0 aliphatic heterocycles. The van der Waals surface area contributed by atoms with Crippen LogP contribution in [0.3, 0.4) is 0 Å². The van der Waals surface area contributed by atoms with Gasteiger partial charge in [-0.25, -0.2) is 14.6 Å². The molecule has 7 nitrogen and oxygen atoms in total. The van der Waals surface area contributed by atoms with E-state index in [0.29, 0.717) is 17.2 Å². The molecule has 0 saturated carbocycles. The number of rotatable bonds is 4. The summed E-state index contributed by atoms with van der Waals surface area (Å²) in [4.78, 5) is 20.4. The molecular weight excluding hydrogens is 292 g/mol. The molecule has 0 radical (unpaired) electrons. The largest absolute Gasteiger partial charge is 0.324 e. The van der Waals surface area contributed by atoms with Crippen molar-refractivity contribution in [2.75, 3.05) is 5.32 Å². The highest BCUT2D eigenvalue weighted by Gasteiger charge is 2.09. The third kappa shape index (κ3) is 3.41. The molecule has 3 rings (SSSR count). The predicted octanol–water partition coefficient (Wildman–Crippen LogP) is 1.93. The Bertz CT molecular complexity index is 795. The highest BCUT2D eigenvalue weighted by atomic mass is 16.1. The van der Waals surface area contributed by atoms with Gasteiger partial charge in [0.25, 0.3) is 5.91 Å². The second-order valence-corrected chi connectivity index (χ2v) is 5.09. The van der Waals surface area contributed by atoms with Crippen LogP contribution in [0.15, 0.2) is 55.1 Å². The molecule has 1 atom stereocenters. The van der Waals surface area contributed by atoms with Crippen molar-refractivity contribution in [1.82, 2.24) is 19.7 Å². The Labute approximate surface area is 133 Å². The van der Waals surface area contributed by atoms with Crippen molar-refractivity contribution in [2.24, 2.45) is 5.73 Å². The first-order chi connectivity index (χ1) is 11.1. The normalized spacial score (nSPS) is 11.9. The first kappa shape index (κ1) is 14.9. The van der Waals surface area contributed by atoms with Gasteiger partial charge in [0.15, 0.2) is 0 Å². The monoisotopic (exact) mass is 308 g/mol. The van der Waals surface area contributed by atoms with E-state index in [1.165, 1.54) is 4.68 Å². The molecule has 0 spiro atoms. The smallest absolute Gasteiger partial charge is 0.255 e. The van der Waals surface area contributed by atoms with Crippen molar-refractivity contribution in [1.29, 1.82) is 0 Å². The fourth-order valence-electron chi connectivity index (χ4n) is 2.05. The molecule has 0 aliphatic carbocycles. The van der Waals surface area contributed by atoms with Crippen LogP contribution in [0.5, 0.6) is 0 Å². The van der Waals surface area contributed by atoms with Gasteiger partial charge in [0.2, 0.25) is 5.95 Å². The van der Waals surface area contributed by atoms with Crippen molar-refractivity contribution >= 4 is 11.6 Å². The van der Waals surface area contributed by atoms with Crippen LogP contribution < -0.4 is 11.1 Å². The summed E-state index contributed by atoms with van der Waals surface area (Å²) in [5.41, 5.74) is 7.90. The quantitative estimate of drug-likeness (QED) is 0.767. The van der Waals surface area contributed by atoms with Crippen molar-refractivity contribution in [3.63, 3.8) is 0 Å². The molecule has 7 heteroatoms. The summed E-state index contributed by atoms with van der Waals surface area (Å²) in [5.74, 6) is 0.226. The number of hydrogen-bond donors (Lipinski definition) is 2. The zero-order chi connectivity index (χ0) is 16.2. The molecule has 3 N–H and O–H groups in total. The number of carbonyl (C=O) groups is 1. The third-order valence-corrected chi connectivity index (χ3v) is 3.30. The molecule has 1 aromatic carbocycles. The highest BCUT2D eigenvalue weighted by molar-refractivity contribution is 6.04. The summed E-state index contributed by atoms with van der Waals surface area (Å²) in [6.45, 7) is 1.90. The lowest BCUT2D eigenvalue weighted by Crippen LogP contribution is -2.12. The van der Waals surface area contributed by atoms with E-state index in [-0.39, 0.29) is 11.9 Å². The van der Waals surface area contributed by atoms with Gasteiger partial charge in [-0.2, -0.15) is 5.10 Å². The molecule has 23 heavy (non-hydrogen) atoms. The van der Waals surface area contributed by atoms with E-state index in [1.807, 2.05) is 19.1 Å². The van der Waals surface area contributed by atoms with Crippen LogP contribution in [0.4, 0.5) is 5.69 Å². The summed E-state index contributed by atoms with van der Waals surface area (Å²) in [6, 6.07) is 8.86. The van der Waals surface area contributed by atoms with Gasteiger partial charge in [0, 0.05) is 24.0 Å². The second kappa shape index (κ2) is 6.37. The van der Waals surface area contributed by atoms with Crippen molar-refractivity contribution < 1.29 is 4.79 Å². The maximum atomic E-state index is 12.2. The third-order valence-electron chi connectivity index (χ3n) is 3.30. The lowest BCUT2D eigenvalue weighted by molar-refractivity contribution is 0.102. The lowest BCUT2D eigenvalue weighted by Gasteiger charge is -2.07. The van der Waals surface area contributed by atoms with Gasteiger partial charge >= 0.3 is 0 Å². The fourth-order valence-corrected chi connectivity index (χ4v) is 2.05. The number of nitrogens with two attached hydrogens (primary N) is 1. The van der Waals surface area contributed by atoms with E-state index in [2.05, 4.69) is 20.4 Å². The molecule has 0 fully saturated rings. The van der Waals surface area contributed by atoms with E-state index < -0.39 is 0 Å². The van der Waals surface area contributed by atoms with Crippen LogP contribution in [-0.2, 0) is 0 Å². The number of aromatic nitrogens is 4. The van der Waals surface area contributed by atoms with Crippen LogP contribution in [0.25, 0.3) is 5.95 Å². The van der Waals surface area contributed by atoms with E-state index in [0.717, 1.165) is 5.56 Å². The second-order valence-electron chi connectivity index (χ2n) is 5.09. The van der Waals surface area contributed by atoms with Gasteiger partial charge in [-0.1, -0.05) is 12.1 Å².